The van der Waals surface area contributed by atoms with Gasteiger partial charge in [0.1, 0.15) is 6.29 Å². The van der Waals surface area contributed by atoms with Crippen molar-refractivity contribution in [3.63, 3.8) is 0 Å². The van der Waals surface area contributed by atoms with Gasteiger partial charge in [0.25, 0.3) is 0 Å². The predicted octanol–water partition coefficient (Wildman–Crippen LogP) is 2.67. The van der Waals surface area contributed by atoms with Crippen LogP contribution in [0.1, 0.15) is 18.0 Å². The van der Waals surface area contributed by atoms with E-state index in [0.717, 1.165) is 18.6 Å². The van der Waals surface area contributed by atoms with Crippen LogP contribution in [-0.2, 0) is 4.79 Å². The van der Waals surface area contributed by atoms with Crippen molar-refractivity contribution in [3.8, 4) is 5.75 Å². The fourth-order valence-electron chi connectivity index (χ4n) is 1.90. The van der Waals surface area contributed by atoms with Gasteiger partial charge < -0.3 is 9.53 Å². The number of likely N-dealkylation sites (tertiary alicyclic amines) is 1. The van der Waals surface area contributed by atoms with Gasteiger partial charge in [-0.3, -0.25) is 4.90 Å². The molecule has 1 saturated heterocycles. The third kappa shape index (κ3) is 3.23. The van der Waals surface area contributed by atoms with Gasteiger partial charge in [0, 0.05) is 13.1 Å². The van der Waals surface area contributed by atoms with Crippen LogP contribution in [0.2, 0.25) is 0 Å². The lowest BCUT2D eigenvalue weighted by molar-refractivity contribution is -0.275. The Morgan fingerprint density at radius 1 is 1.32 bits per heavy atom. The fourth-order valence-corrected chi connectivity index (χ4v) is 1.90. The number of hydrogen-bond donors (Lipinski definition) is 0. The molecule has 1 atom stereocenters. The summed E-state index contributed by atoms with van der Waals surface area (Å²) in [7, 11) is 0. The van der Waals surface area contributed by atoms with Gasteiger partial charge in [-0.1, -0.05) is 6.07 Å². The van der Waals surface area contributed by atoms with Gasteiger partial charge in [0.2, 0.25) is 0 Å². The van der Waals surface area contributed by atoms with Crippen LogP contribution in [0.4, 0.5) is 17.6 Å². The van der Waals surface area contributed by atoms with E-state index in [1.807, 2.05) is 0 Å². The van der Waals surface area contributed by atoms with E-state index in [-0.39, 0.29) is 5.56 Å². The Hall–Kier alpha value is -1.63. The van der Waals surface area contributed by atoms with E-state index in [1.54, 1.807) is 4.90 Å². The van der Waals surface area contributed by atoms with E-state index in [2.05, 4.69) is 4.74 Å². The Morgan fingerprint density at radius 2 is 2.00 bits per heavy atom. The zero-order chi connectivity index (χ0) is 14.0. The molecule has 1 heterocycles. The van der Waals surface area contributed by atoms with Crippen molar-refractivity contribution in [1.82, 2.24) is 4.90 Å². The lowest BCUT2D eigenvalue weighted by atomic mass is 10.0. The van der Waals surface area contributed by atoms with Gasteiger partial charge in [0.05, 0.1) is 6.04 Å². The fraction of sp³-hybridized carbons (Fsp3) is 0.417. The summed E-state index contributed by atoms with van der Waals surface area (Å²) in [5, 5.41) is 0. The lowest BCUT2D eigenvalue weighted by Gasteiger charge is -2.35. The summed E-state index contributed by atoms with van der Waals surface area (Å²) < 4.78 is 53.1. The third-order valence-corrected chi connectivity index (χ3v) is 2.94. The molecular weight excluding hydrogens is 266 g/mol. The molecule has 19 heavy (non-hydrogen) atoms. The molecule has 0 radical (unpaired) electrons. The van der Waals surface area contributed by atoms with Crippen molar-refractivity contribution in [2.75, 3.05) is 13.1 Å². The number of carbonyl (C=O) groups is 1. The Morgan fingerprint density at radius 3 is 2.47 bits per heavy atom. The maximum Gasteiger partial charge on any atom is 0.573 e. The molecule has 1 aliphatic heterocycles. The topological polar surface area (TPSA) is 29.5 Å². The van der Waals surface area contributed by atoms with Gasteiger partial charge in [-0.15, -0.1) is 13.2 Å². The third-order valence-electron chi connectivity index (χ3n) is 2.94. The van der Waals surface area contributed by atoms with Gasteiger partial charge >= 0.3 is 6.36 Å². The minimum absolute atomic E-state index is 0.287. The maximum absolute atomic E-state index is 13.2. The summed E-state index contributed by atoms with van der Waals surface area (Å²) in [6.07, 6.45) is -3.41. The van der Waals surface area contributed by atoms with Crippen LogP contribution in [0.5, 0.6) is 5.75 Å². The molecule has 1 aromatic rings. The van der Waals surface area contributed by atoms with Crippen molar-refractivity contribution >= 4 is 6.29 Å². The molecule has 0 aliphatic carbocycles. The van der Waals surface area contributed by atoms with Crippen molar-refractivity contribution in [3.05, 3.63) is 29.6 Å². The smallest absolute Gasteiger partial charge is 0.403 e. The van der Waals surface area contributed by atoms with Crippen LogP contribution in [-0.4, -0.2) is 30.6 Å². The van der Waals surface area contributed by atoms with E-state index in [9.17, 15) is 22.4 Å². The molecule has 104 valence electrons. The van der Waals surface area contributed by atoms with Gasteiger partial charge in [-0.25, -0.2) is 4.39 Å². The van der Waals surface area contributed by atoms with E-state index in [4.69, 9.17) is 0 Å². The monoisotopic (exact) mass is 277 g/mol. The molecule has 0 saturated carbocycles. The molecular formula is C12H11F4NO2. The summed E-state index contributed by atoms with van der Waals surface area (Å²) in [4.78, 5) is 12.8. The summed E-state index contributed by atoms with van der Waals surface area (Å²) >= 11 is 0. The number of halogens is 4. The highest BCUT2D eigenvalue weighted by Gasteiger charge is 2.33. The second-order valence-corrected chi connectivity index (χ2v) is 4.21. The number of nitrogens with zero attached hydrogens (tertiary/aromatic N) is 1. The summed E-state index contributed by atoms with van der Waals surface area (Å²) in [6, 6.07) is 2.41. The first-order valence-corrected chi connectivity index (χ1v) is 5.65. The number of alkyl halides is 3. The van der Waals surface area contributed by atoms with Gasteiger partial charge in [-0.05, 0) is 24.1 Å². The van der Waals surface area contributed by atoms with Crippen LogP contribution < -0.4 is 4.74 Å². The Kier molecular flexibility index (Phi) is 3.75. The van der Waals surface area contributed by atoms with Crippen LogP contribution in [0.3, 0.4) is 0 Å². The van der Waals surface area contributed by atoms with Crippen molar-refractivity contribution in [1.29, 1.82) is 0 Å². The highest BCUT2D eigenvalue weighted by Crippen LogP contribution is 2.31. The molecule has 7 heteroatoms. The minimum atomic E-state index is -4.97. The largest absolute Gasteiger partial charge is 0.573 e. The second kappa shape index (κ2) is 5.16. The molecule has 1 aromatic carbocycles. The molecule has 0 bridgehead atoms. The maximum atomic E-state index is 13.2. The molecule has 0 spiro atoms. The zero-order valence-electron chi connectivity index (χ0n) is 9.78. The van der Waals surface area contributed by atoms with Crippen molar-refractivity contribution in [2.24, 2.45) is 0 Å². The second-order valence-electron chi connectivity index (χ2n) is 4.21. The number of rotatable bonds is 4. The Balaban J connectivity index is 2.26. The quantitative estimate of drug-likeness (QED) is 0.626. The highest BCUT2D eigenvalue weighted by molar-refractivity contribution is 5.62. The SMILES string of the molecule is O=CC(c1ccc(F)c(OC(F)(F)F)c1)N1CCC1. The highest BCUT2D eigenvalue weighted by atomic mass is 19.4. The summed E-state index contributed by atoms with van der Waals surface area (Å²) in [6.45, 7) is 1.38. The van der Waals surface area contributed by atoms with Crippen molar-refractivity contribution < 1.29 is 27.1 Å². The number of carbonyl (C=O) groups excluding carboxylic acids is 1. The molecule has 0 N–H and O–H groups in total. The summed E-state index contributed by atoms with van der Waals surface area (Å²) in [5.41, 5.74) is 0.287. The van der Waals surface area contributed by atoms with E-state index < -0.39 is 24.0 Å². The van der Waals surface area contributed by atoms with E-state index >= 15 is 0 Å². The van der Waals surface area contributed by atoms with Crippen molar-refractivity contribution in [2.45, 2.75) is 18.8 Å². The number of benzene rings is 1. The molecule has 0 aromatic heterocycles. The number of aldehydes is 1. The average molecular weight is 277 g/mol. The molecule has 0 amide bonds. The van der Waals surface area contributed by atoms with Gasteiger partial charge in [-0.2, -0.15) is 0 Å². The van der Waals surface area contributed by atoms with E-state index in [0.29, 0.717) is 19.4 Å². The molecule has 1 unspecified atom stereocenters. The van der Waals surface area contributed by atoms with Crippen LogP contribution in [0.15, 0.2) is 18.2 Å². The molecule has 1 fully saturated rings. The first-order valence-electron chi connectivity index (χ1n) is 5.65. The first-order chi connectivity index (χ1) is 8.90. The lowest BCUT2D eigenvalue weighted by Crippen LogP contribution is -2.40. The minimum Gasteiger partial charge on any atom is -0.403 e. The summed E-state index contributed by atoms with van der Waals surface area (Å²) in [5.74, 6) is -2.04. The predicted molar refractivity (Wildman–Crippen MR) is 58.1 cm³/mol. The van der Waals surface area contributed by atoms with Gasteiger partial charge in [0.15, 0.2) is 11.6 Å². The zero-order valence-corrected chi connectivity index (χ0v) is 9.78. The normalized spacial score (nSPS) is 17.7. The van der Waals surface area contributed by atoms with Crippen LogP contribution in [0, 0.1) is 5.82 Å². The Bertz CT molecular complexity index is 471. The van der Waals surface area contributed by atoms with Crippen LogP contribution in [0.25, 0.3) is 0 Å². The number of hydrogen-bond acceptors (Lipinski definition) is 3. The average Bonchev–Trinajstić information content (AvgIpc) is 2.24. The van der Waals surface area contributed by atoms with Crippen LogP contribution >= 0.6 is 0 Å². The standard InChI is InChI=1S/C12H11F4NO2/c13-9-3-2-8(6-11(9)19-12(14,15)16)10(7-18)17-4-1-5-17/h2-3,6-7,10H,1,4-5H2. The molecule has 3 nitrogen and oxygen atoms in total. The molecule has 2 rings (SSSR count). The first kappa shape index (κ1) is 13.8. The van der Waals surface area contributed by atoms with E-state index in [1.165, 1.54) is 6.07 Å². The Labute approximate surface area is 106 Å². The molecule has 1 aliphatic rings. The number of ether oxygens (including phenoxy) is 1.